The third-order valence-electron chi connectivity index (χ3n) is 9.17. The molecule has 0 spiro atoms. The average molecular weight is 703 g/mol. The van der Waals surface area contributed by atoms with Crippen molar-refractivity contribution >= 4 is 29.4 Å². The zero-order valence-electron chi connectivity index (χ0n) is 27.5. The van der Waals surface area contributed by atoms with Crippen LogP contribution in [0.25, 0.3) is 11.1 Å². The smallest absolute Gasteiger partial charge is 0.407 e. The number of nitrogens with zero attached hydrogens (tertiary/aromatic N) is 4. The molecule has 2 N–H and O–H groups in total. The molecule has 3 aliphatic rings. The molecule has 0 saturated carbocycles. The summed E-state index contributed by atoms with van der Waals surface area (Å²) in [4.78, 5) is 35.1. The molecule has 15 heteroatoms. The largest absolute Gasteiger partial charge is 0.445 e. The fraction of sp³-hybridized carbons (Fsp3) is 0.457. The van der Waals surface area contributed by atoms with Gasteiger partial charge in [0.25, 0.3) is 5.92 Å². The first kappa shape index (κ1) is 35.2. The first-order valence-electron chi connectivity index (χ1n) is 16.5. The quantitative estimate of drug-likeness (QED) is 0.261. The number of benzene rings is 2. The third-order valence-corrected chi connectivity index (χ3v) is 9.17. The Kier molecular flexibility index (Phi) is 10.3. The maximum absolute atomic E-state index is 15.4. The van der Waals surface area contributed by atoms with Crippen LogP contribution in [0.4, 0.5) is 48.9 Å². The van der Waals surface area contributed by atoms with Crippen molar-refractivity contribution in [1.29, 1.82) is 0 Å². The monoisotopic (exact) mass is 702 g/mol. The number of rotatable bonds is 8. The summed E-state index contributed by atoms with van der Waals surface area (Å²) in [7, 11) is 0. The van der Waals surface area contributed by atoms with E-state index in [9.17, 15) is 22.8 Å². The molecule has 2 atom stereocenters. The van der Waals surface area contributed by atoms with Gasteiger partial charge in [-0.25, -0.2) is 23.4 Å². The van der Waals surface area contributed by atoms with Gasteiger partial charge in [-0.15, -0.1) is 0 Å². The van der Waals surface area contributed by atoms with Crippen LogP contribution < -0.4 is 20.4 Å². The van der Waals surface area contributed by atoms with E-state index in [0.29, 0.717) is 48.9 Å². The van der Waals surface area contributed by atoms with Crippen LogP contribution in [0.5, 0.6) is 0 Å². The lowest BCUT2D eigenvalue weighted by atomic mass is 10.00. The van der Waals surface area contributed by atoms with Crippen molar-refractivity contribution in [2.45, 2.75) is 44.5 Å². The van der Waals surface area contributed by atoms with Gasteiger partial charge in [-0.1, -0.05) is 36.4 Å². The zero-order valence-corrected chi connectivity index (χ0v) is 27.5. The van der Waals surface area contributed by atoms with Crippen molar-refractivity contribution in [3.63, 3.8) is 0 Å². The summed E-state index contributed by atoms with van der Waals surface area (Å²) in [6.07, 6.45) is -5.89. The van der Waals surface area contributed by atoms with Gasteiger partial charge in [-0.2, -0.15) is 13.2 Å². The number of alkyl halides is 5. The number of nitrogens with one attached hydrogen (secondary N) is 2. The van der Waals surface area contributed by atoms with E-state index in [1.54, 1.807) is 48.5 Å². The Bertz CT molecular complexity index is 1670. The Morgan fingerprint density at radius 1 is 0.980 bits per heavy atom. The molecule has 10 nitrogen and oxygen atoms in total. The topological polar surface area (TPSA) is 99.3 Å². The summed E-state index contributed by atoms with van der Waals surface area (Å²) in [6.45, 7) is 3.20. The van der Waals surface area contributed by atoms with Crippen molar-refractivity contribution in [2.75, 3.05) is 67.6 Å². The van der Waals surface area contributed by atoms with E-state index in [0.717, 1.165) is 11.1 Å². The predicted molar refractivity (Wildman–Crippen MR) is 178 cm³/mol. The second kappa shape index (κ2) is 14.7. The van der Waals surface area contributed by atoms with Crippen LogP contribution in [0.15, 0.2) is 60.7 Å². The minimum absolute atomic E-state index is 0.0156. The number of amides is 3. The number of morpholine rings is 1. The van der Waals surface area contributed by atoms with Gasteiger partial charge in [0.2, 0.25) is 0 Å². The number of carbonyl (C=O) groups is 2. The lowest BCUT2D eigenvalue weighted by Crippen LogP contribution is -2.46. The van der Waals surface area contributed by atoms with Crippen LogP contribution in [-0.2, 0) is 16.1 Å². The standard InChI is InChI=1S/C35H39F5N6O4/c1-23-7-8-27(41-32(47)45-10-9-25(19-45)18-35(38,39)40)17-28(23)26-15-30(44-11-13-49-14-12-44)43-31(16-26)46-20-29(34(36,37)22-46)42-33(48)50-21-24-5-3-2-4-6-24/h2-8,15-17,25,29H,9-14,18-22H2,1H3,(H,41,47)(H,42,48)/t25-,29?/m0/s1. The fourth-order valence-electron chi connectivity index (χ4n) is 6.51. The second-order valence-corrected chi connectivity index (χ2v) is 13.0. The number of pyridine rings is 1. The molecule has 3 fully saturated rings. The number of aromatic nitrogens is 1. The number of alkyl carbamates (subject to hydrolysis) is 1. The lowest BCUT2D eigenvalue weighted by molar-refractivity contribution is -0.143. The molecular weight excluding hydrogens is 663 g/mol. The third kappa shape index (κ3) is 8.73. The Hall–Kier alpha value is -4.66. The van der Waals surface area contributed by atoms with Crippen molar-refractivity contribution < 1.29 is 41.0 Å². The van der Waals surface area contributed by atoms with Crippen LogP contribution in [0.2, 0.25) is 0 Å². The Balaban J connectivity index is 1.21. The van der Waals surface area contributed by atoms with Crippen LogP contribution in [0.1, 0.15) is 24.0 Å². The highest BCUT2D eigenvalue weighted by molar-refractivity contribution is 5.91. The van der Waals surface area contributed by atoms with Gasteiger partial charge in [0.15, 0.2) is 0 Å². The molecule has 4 heterocycles. The van der Waals surface area contributed by atoms with E-state index in [2.05, 4.69) is 10.6 Å². The Morgan fingerprint density at radius 3 is 2.42 bits per heavy atom. The summed E-state index contributed by atoms with van der Waals surface area (Å²) in [6, 6.07) is 15.7. The summed E-state index contributed by atoms with van der Waals surface area (Å²) < 4.78 is 80.1. The number of urea groups is 1. The first-order chi connectivity index (χ1) is 23.8. The van der Waals surface area contributed by atoms with Gasteiger partial charge >= 0.3 is 18.3 Å². The second-order valence-electron chi connectivity index (χ2n) is 13.0. The molecule has 1 aromatic heterocycles. The minimum atomic E-state index is -4.29. The molecule has 268 valence electrons. The normalized spacial score (nSPS) is 20.6. The molecule has 1 unspecified atom stereocenters. The number of likely N-dealkylation sites (tertiary alicyclic amines) is 1. The van der Waals surface area contributed by atoms with E-state index in [1.165, 1.54) is 9.80 Å². The molecule has 2 aromatic carbocycles. The minimum Gasteiger partial charge on any atom is -0.445 e. The number of ether oxygens (including phenoxy) is 2. The van der Waals surface area contributed by atoms with Crippen LogP contribution in [0.3, 0.4) is 0 Å². The highest BCUT2D eigenvalue weighted by atomic mass is 19.4. The molecule has 3 aliphatic heterocycles. The van der Waals surface area contributed by atoms with E-state index in [4.69, 9.17) is 14.5 Å². The molecular formula is C35H39F5N6O4. The number of aryl methyl sites for hydroxylation is 1. The summed E-state index contributed by atoms with van der Waals surface area (Å²) in [5, 5.41) is 5.14. The van der Waals surface area contributed by atoms with Gasteiger partial charge < -0.3 is 34.8 Å². The van der Waals surface area contributed by atoms with E-state index in [-0.39, 0.29) is 38.5 Å². The molecule has 6 rings (SSSR count). The first-order valence-corrected chi connectivity index (χ1v) is 16.5. The molecule has 3 aromatic rings. The molecule has 3 saturated heterocycles. The Morgan fingerprint density at radius 2 is 1.70 bits per heavy atom. The van der Waals surface area contributed by atoms with E-state index >= 15 is 8.78 Å². The highest BCUT2D eigenvalue weighted by Gasteiger charge is 2.50. The number of anilines is 3. The molecule has 3 amide bonds. The maximum Gasteiger partial charge on any atom is 0.407 e. The molecule has 0 aliphatic carbocycles. The van der Waals surface area contributed by atoms with Crippen molar-refractivity contribution in [2.24, 2.45) is 5.92 Å². The highest BCUT2D eigenvalue weighted by Crippen LogP contribution is 2.37. The van der Waals surface area contributed by atoms with Crippen molar-refractivity contribution in [3.05, 3.63) is 71.8 Å². The number of hydrogen-bond acceptors (Lipinski definition) is 7. The molecule has 0 radical (unpaired) electrons. The van der Waals surface area contributed by atoms with Gasteiger partial charge in [-0.3, -0.25) is 0 Å². The van der Waals surface area contributed by atoms with Gasteiger partial charge in [0.1, 0.15) is 24.3 Å². The zero-order chi connectivity index (χ0) is 35.5. The van der Waals surface area contributed by atoms with Gasteiger partial charge in [-0.05, 0) is 65.8 Å². The number of carbonyl (C=O) groups excluding carboxylic acids is 2. The van der Waals surface area contributed by atoms with Crippen LogP contribution in [0, 0.1) is 12.8 Å². The summed E-state index contributed by atoms with van der Waals surface area (Å²) in [5.41, 5.74) is 3.38. The SMILES string of the molecule is Cc1ccc(NC(=O)N2CC[C@@H](CC(F)(F)F)C2)cc1-c1cc(N2CCOCC2)nc(N2CC(NC(=O)OCc3ccccc3)C(F)(F)C2)c1. The number of hydrogen-bond donors (Lipinski definition) is 2. The number of halogens is 5. The van der Waals surface area contributed by atoms with E-state index in [1.807, 2.05) is 24.0 Å². The van der Waals surface area contributed by atoms with Gasteiger partial charge in [0.05, 0.1) is 19.8 Å². The maximum atomic E-state index is 15.4. The lowest BCUT2D eigenvalue weighted by Gasteiger charge is -2.29. The summed E-state index contributed by atoms with van der Waals surface area (Å²) in [5.74, 6) is -3.08. The summed E-state index contributed by atoms with van der Waals surface area (Å²) >= 11 is 0. The Labute approximate surface area is 286 Å². The van der Waals surface area contributed by atoms with Crippen LogP contribution in [-0.4, -0.2) is 92.6 Å². The van der Waals surface area contributed by atoms with E-state index < -0.39 is 49.1 Å². The van der Waals surface area contributed by atoms with Crippen molar-refractivity contribution in [1.82, 2.24) is 15.2 Å². The fourth-order valence-corrected chi connectivity index (χ4v) is 6.51. The average Bonchev–Trinajstić information content (AvgIpc) is 3.67. The van der Waals surface area contributed by atoms with Gasteiger partial charge in [0, 0.05) is 44.8 Å². The van der Waals surface area contributed by atoms with Crippen molar-refractivity contribution in [3.8, 4) is 11.1 Å². The predicted octanol–water partition coefficient (Wildman–Crippen LogP) is 6.45. The molecule has 50 heavy (non-hydrogen) atoms. The molecule has 0 bridgehead atoms. The van der Waals surface area contributed by atoms with Crippen LogP contribution >= 0.6 is 0 Å².